The average molecular weight is 200 g/mol. The topological polar surface area (TPSA) is 64.7 Å². The normalized spacial score (nSPS) is 12.4. The maximum atomic E-state index is 6.02. The van der Waals surface area contributed by atoms with Gasteiger partial charge in [-0.25, -0.2) is 9.97 Å². The zero-order chi connectivity index (χ0) is 10.7. The summed E-state index contributed by atoms with van der Waals surface area (Å²) in [6.07, 6.45) is 6.91. The zero-order valence-corrected chi connectivity index (χ0v) is 8.46. The van der Waals surface area contributed by atoms with E-state index in [1.807, 2.05) is 13.0 Å². The molecule has 4 nitrogen and oxygen atoms in total. The molecule has 1 atom stereocenters. The van der Waals surface area contributed by atoms with E-state index >= 15 is 0 Å². The van der Waals surface area contributed by atoms with Gasteiger partial charge in [-0.1, -0.05) is 6.07 Å². The molecule has 0 aliphatic heterocycles. The van der Waals surface area contributed by atoms with Crippen LogP contribution in [-0.2, 0) is 0 Å². The van der Waals surface area contributed by atoms with E-state index in [4.69, 9.17) is 5.73 Å². The van der Waals surface area contributed by atoms with Crippen LogP contribution in [0.15, 0.2) is 36.9 Å². The van der Waals surface area contributed by atoms with E-state index in [1.54, 1.807) is 30.9 Å². The van der Waals surface area contributed by atoms with Crippen molar-refractivity contribution in [3.63, 3.8) is 0 Å². The molecule has 0 aliphatic carbocycles. The van der Waals surface area contributed by atoms with Gasteiger partial charge in [0.2, 0.25) is 0 Å². The van der Waals surface area contributed by atoms with Gasteiger partial charge in [0.05, 0.1) is 6.04 Å². The van der Waals surface area contributed by atoms with Crippen molar-refractivity contribution in [2.75, 3.05) is 0 Å². The Morgan fingerprint density at radius 1 is 1.20 bits per heavy atom. The van der Waals surface area contributed by atoms with Crippen LogP contribution in [0, 0.1) is 6.92 Å². The molecule has 2 aromatic rings. The SMILES string of the molecule is Cc1cncc(C(N)c2ncccn2)c1. The maximum absolute atomic E-state index is 6.02. The van der Waals surface area contributed by atoms with E-state index < -0.39 is 0 Å². The van der Waals surface area contributed by atoms with Crippen LogP contribution in [0.4, 0.5) is 0 Å². The van der Waals surface area contributed by atoms with Gasteiger partial charge < -0.3 is 5.73 Å². The van der Waals surface area contributed by atoms with Gasteiger partial charge >= 0.3 is 0 Å². The number of hydrogen-bond donors (Lipinski definition) is 1. The third-order valence-corrected chi connectivity index (χ3v) is 2.12. The van der Waals surface area contributed by atoms with Crippen molar-refractivity contribution in [1.29, 1.82) is 0 Å². The van der Waals surface area contributed by atoms with Gasteiger partial charge in [0.25, 0.3) is 0 Å². The molecule has 2 N–H and O–H groups in total. The van der Waals surface area contributed by atoms with Crippen LogP contribution < -0.4 is 5.73 Å². The number of rotatable bonds is 2. The maximum Gasteiger partial charge on any atom is 0.149 e. The van der Waals surface area contributed by atoms with Crippen LogP contribution >= 0.6 is 0 Å². The lowest BCUT2D eigenvalue weighted by Crippen LogP contribution is -2.15. The Labute approximate surface area is 88.2 Å². The van der Waals surface area contributed by atoms with Crippen molar-refractivity contribution in [3.8, 4) is 0 Å². The van der Waals surface area contributed by atoms with E-state index in [1.165, 1.54) is 0 Å². The van der Waals surface area contributed by atoms with Crippen molar-refractivity contribution in [2.24, 2.45) is 5.73 Å². The molecule has 0 saturated carbocycles. The second-order valence-corrected chi connectivity index (χ2v) is 3.38. The molecule has 1 unspecified atom stereocenters. The number of aryl methyl sites for hydroxylation is 1. The first-order chi connectivity index (χ1) is 7.27. The van der Waals surface area contributed by atoms with Crippen molar-refractivity contribution < 1.29 is 0 Å². The molecule has 0 radical (unpaired) electrons. The zero-order valence-electron chi connectivity index (χ0n) is 8.46. The van der Waals surface area contributed by atoms with Crippen molar-refractivity contribution in [1.82, 2.24) is 15.0 Å². The highest BCUT2D eigenvalue weighted by Crippen LogP contribution is 2.15. The molecule has 2 heterocycles. The summed E-state index contributed by atoms with van der Waals surface area (Å²) in [7, 11) is 0. The Hall–Kier alpha value is -1.81. The van der Waals surface area contributed by atoms with Gasteiger partial charge in [-0.2, -0.15) is 0 Å². The summed E-state index contributed by atoms with van der Waals surface area (Å²) in [6, 6.07) is 3.46. The Bertz CT molecular complexity index is 441. The number of hydrogen-bond acceptors (Lipinski definition) is 4. The third kappa shape index (κ3) is 2.16. The molecule has 2 rings (SSSR count). The van der Waals surface area contributed by atoms with Crippen LogP contribution in [0.1, 0.15) is 23.0 Å². The smallest absolute Gasteiger partial charge is 0.149 e. The van der Waals surface area contributed by atoms with Gasteiger partial charge in [-0.3, -0.25) is 4.98 Å². The molecule has 0 saturated heterocycles. The summed E-state index contributed by atoms with van der Waals surface area (Å²) in [5, 5.41) is 0. The fourth-order valence-electron chi connectivity index (χ4n) is 1.37. The molecule has 0 fully saturated rings. The fraction of sp³-hybridized carbons (Fsp3) is 0.182. The Morgan fingerprint density at radius 2 is 1.93 bits per heavy atom. The van der Waals surface area contributed by atoms with Crippen LogP contribution in [0.3, 0.4) is 0 Å². The highest BCUT2D eigenvalue weighted by Gasteiger charge is 2.11. The molecule has 2 aromatic heterocycles. The second-order valence-electron chi connectivity index (χ2n) is 3.38. The largest absolute Gasteiger partial charge is 0.318 e. The standard InChI is InChI=1S/C11H12N4/c1-8-5-9(7-13-6-8)10(12)11-14-3-2-4-15-11/h2-7,10H,12H2,1H3. The minimum absolute atomic E-state index is 0.307. The van der Waals surface area contributed by atoms with Crippen molar-refractivity contribution >= 4 is 0 Å². The lowest BCUT2D eigenvalue weighted by atomic mass is 10.1. The molecule has 0 amide bonds. The van der Waals surface area contributed by atoms with Crippen LogP contribution in [-0.4, -0.2) is 15.0 Å². The molecule has 4 heteroatoms. The number of pyridine rings is 1. The monoisotopic (exact) mass is 200 g/mol. The van der Waals surface area contributed by atoms with E-state index in [0.29, 0.717) is 5.82 Å². The van der Waals surface area contributed by atoms with Crippen LogP contribution in [0.25, 0.3) is 0 Å². The lowest BCUT2D eigenvalue weighted by molar-refractivity contribution is 0.775. The van der Waals surface area contributed by atoms with Crippen molar-refractivity contribution in [3.05, 3.63) is 53.9 Å². The van der Waals surface area contributed by atoms with Gasteiger partial charge in [-0.15, -0.1) is 0 Å². The summed E-state index contributed by atoms with van der Waals surface area (Å²) < 4.78 is 0. The molecular formula is C11H12N4. The van der Waals surface area contributed by atoms with E-state index in [0.717, 1.165) is 11.1 Å². The summed E-state index contributed by atoms with van der Waals surface area (Å²) >= 11 is 0. The Balaban J connectivity index is 2.32. The molecule has 0 spiro atoms. The third-order valence-electron chi connectivity index (χ3n) is 2.12. The van der Waals surface area contributed by atoms with E-state index in [2.05, 4.69) is 15.0 Å². The highest BCUT2D eigenvalue weighted by atomic mass is 14.9. The fourth-order valence-corrected chi connectivity index (χ4v) is 1.37. The lowest BCUT2D eigenvalue weighted by Gasteiger charge is -2.09. The van der Waals surface area contributed by atoms with Gasteiger partial charge in [0.15, 0.2) is 0 Å². The first kappa shape index (κ1) is 9.73. The Morgan fingerprint density at radius 3 is 2.60 bits per heavy atom. The summed E-state index contributed by atoms with van der Waals surface area (Å²) in [5.74, 6) is 0.616. The van der Waals surface area contributed by atoms with Crippen molar-refractivity contribution in [2.45, 2.75) is 13.0 Å². The minimum atomic E-state index is -0.307. The summed E-state index contributed by atoms with van der Waals surface area (Å²) in [4.78, 5) is 12.3. The predicted molar refractivity (Wildman–Crippen MR) is 57.0 cm³/mol. The van der Waals surface area contributed by atoms with Crippen LogP contribution in [0.5, 0.6) is 0 Å². The molecule has 15 heavy (non-hydrogen) atoms. The first-order valence-electron chi connectivity index (χ1n) is 4.71. The average Bonchev–Trinajstić information content (AvgIpc) is 2.29. The van der Waals surface area contributed by atoms with Gasteiger partial charge in [0.1, 0.15) is 5.82 Å². The summed E-state index contributed by atoms with van der Waals surface area (Å²) in [6.45, 7) is 1.98. The summed E-state index contributed by atoms with van der Waals surface area (Å²) in [5.41, 5.74) is 8.03. The van der Waals surface area contributed by atoms with Gasteiger partial charge in [0, 0.05) is 24.8 Å². The van der Waals surface area contributed by atoms with E-state index in [-0.39, 0.29) is 6.04 Å². The Kier molecular flexibility index (Phi) is 2.69. The highest BCUT2D eigenvalue weighted by molar-refractivity contribution is 5.24. The molecule has 76 valence electrons. The number of aromatic nitrogens is 3. The first-order valence-corrected chi connectivity index (χ1v) is 4.71. The predicted octanol–water partition coefficient (Wildman–Crippen LogP) is 1.23. The molecule has 0 aromatic carbocycles. The van der Waals surface area contributed by atoms with Gasteiger partial charge in [-0.05, 0) is 24.1 Å². The number of nitrogens with zero attached hydrogens (tertiary/aromatic N) is 3. The minimum Gasteiger partial charge on any atom is -0.318 e. The number of nitrogens with two attached hydrogens (primary N) is 1. The van der Waals surface area contributed by atoms with Crippen LogP contribution in [0.2, 0.25) is 0 Å². The second kappa shape index (κ2) is 4.14. The molecule has 0 bridgehead atoms. The molecule has 0 aliphatic rings. The molecular weight excluding hydrogens is 188 g/mol. The quantitative estimate of drug-likeness (QED) is 0.791. The van der Waals surface area contributed by atoms with E-state index in [9.17, 15) is 0 Å².